The van der Waals surface area contributed by atoms with Crippen LogP contribution in [0.5, 0.6) is 0 Å². The summed E-state index contributed by atoms with van der Waals surface area (Å²) in [6.45, 7) is 0.364. The van der Waals surface area contributed by atoms with E-state index in [4.69, 9.17) is 21.1 Å². The first kappa shape index (κ1) is 24.1. The zero-order chi connectivity index (χ0) is 24.2. The molecule has 0 saturated heterocycles. The largest absolute Gasteiger partial charge is 0.354 e. The highest BCUT2D eigenvalue weighted by Crippen LogP contribution is 2.36. The zero-order valence-corrected chi connectivity index (χ0v) is 20.2. The number of nitrogens with zero attached hydrogens (tertiary/aromatic N) is 1. The monoisotopic (exact) mass is 498 g/mol. The highest BCUT2D eigenvalue weighted by atomic mass is 35.5. The summed E-state index contributed by atoms with van der Waals surface area (Å²) in [5, 5.41) is 3.34. The summed E-state index contributed by atoms with van der Waals surface area (Å²) in [5.74, 6) is -0.664. The summed E-state index contributed by atoms with van der Waals surface area (Å²) < 4.78 is 23.7. The molecule has 0 fully saturated rings. The molecule has 1 atom stereocenters. The van der Waals surface area contributed by atoms with E-state index in [1.54, 1.807) is 59.5 Å². The van der Waals surface area contributed by atoms with E-state index < -0.39 is 17.1 Å². The lowest BCUT2D eigenvalue weighted by Gasteiger charge is -2.24. The van der Waals surface area contributed by atoms with Crippen LogP contribution in [0.25, 0.3) is 0 Å². The number of halogens is 1. The first-order chi connectivity index (χ1) is 16.4. The Balaban J connectivity index is 1.76. The number of hydrogen-bond acceptors (Lipinski definition) is 5. The van der Waals surface area contributed by atoms with Gasteiger partial charge in [0.2, 0.25) is 0 Å². The van der Waals surface area contributed by atoms with Crippen LogP contribution in [0.4, 0.5) is 5.69 Å². The number of fused-ring (bicyclic) bond motifs is 2. The van der Waals surface area contributed by atoms with Gasteiger partial charge in [0.15, 0.2) is 6.29 Å². The molecule has 1 aliphatic rings. The van der Waals surface area contributed by atoms with Crippen molar-refractivity contribution in [1.29, 1.82) is 0 Å². The smallest absolute Gasteiger partial charge is 0.259 e. The maximum atomic E-state index is 13.6. The zero-order valence-electron chi connectivity index (χ0n) is 18.6. The van der Waals surface area contributed by atoms with E-state index in [9.17, 15) is 13.8 Å². The van der Waals surface area contributed by atoms with Gasteiger partial charge in [-0.2, -0.15) is 0 Å². The summed E-state index contributed by atoms with van der Waals surface area (Å²) in [4.78, 5) is 28.9. The minimum Gasteiger partial charge on any atom is -0.354 e. The predicted molar refractivity (Wildman–Crippen MR) is 130 cm³/mol. The molecule has 9 heteroatoms. The van der Waals surface area contributed by atoms with Gasteiger partial charge in [-0.05, 0) is 48.0 Å². The Morgan fingerprint density at radius 2 is 1.74 bits per heavy atom. The SMILES string of the molecule is COC(CNC(=O)c1ccc2c(c1)N(Cc1ccc(Cl)cc1)C(=O)c1ccccc1S2=O)OC. The number of nitrogens with one attached hydrogen (secondary N) is 1. The van der Waals surface area contributed by atoms with Gasteiger partial charge in [-0.15, -0.1) is 0 Å². The highest BCUT2D eigenvalue weighted by molar-refractivity contribution is 7.85. The number of amides is 2. The third-order valence-corrected chi connectivity index (χ3v) is 7.24. The lowest BCUT2D eigenvalue weighted by atomic mass is 10.1. The van der Waals surface area contributed by atoms with Gasteiger partial charge in [0.05, 0.1) is 44.9 Å². The molecule has 0 bridgehead atoms. The van der Waals surface area contributed by atoms with Crippen molar-refractivity contribution in [3.8, 4) is 0 Å². The van der Waals surface area contributed by atoms with Gasteiger partial charge >= 0.3 is 0 Å². The number of anilines is 1. The maximum Gasteiger partial charge on any atom is 0.259 e. The van der Waals surface area contributed by atoms with Crippen LogP contribution in [0.1, 0.15) is 26.3 Å². The van der Waals surface area contributed by atoms with E-state index in [-0.39, 0.29) is 24.9 Å². The summed E-state index contributed by atoms with van der Waals surface area (Å²) in [7, 11) is 1.36. The van der Waals surface area contributed by atoms with Crippen LogP contribution in [-0.4, -0.2) is 43.1 Å². The Labute approximate surface area is 205 Å². The number of carbonyl (C=O) groups excluding carboxylic acids is 2. The van der Waals surface area contributed by atoms with Gasteiger partial charge in [0, 0.05) is 24.8 Å². The standard InChI is InChI=1S/C25H23ClN2O5S/c1-32-23(33-2)14-27-24(29)17-9-12-22-20(13-17)28(15-16-7-10-18(26)11-8-16)25(30)19-5-3-4-6-21(19)34(22)31/h3-13,23H,14-15H2,1-2H3,(H,27,29). The van der Waals surface area contributed by atoms with Crippen molar-refractivity contribution < 1.29 is 23.3 Å². The van der Waals surface area contributed by atoms with Crippen molar-refractivity contribution in [1.82, 2.24) is 5.32 Å². The summed E-state index contributed by atoms with van der Waals surface area (Å²) >= 11 is 6.02. The molecule has 3 aromatic carbocycles. The molecule has 0 saturated carbocycles. The fraction of sp³-hybridized carbons (Fsp3) is 0.200. The first-order valence-electron chi connectivity index (χ1n) is 10.5. The second kappa shape index (κ2) is 10.5. The van der Waals surface area contributed by atoms with Crippen LogP contribution in [0.15, 0.2) is 76.5 Å². The van der Waals surface area contributed by atoms with E-state index in [0.717, 1.165) is 5.56 Å². The van der Waals surface area contributed by atoms with Crippen molar-refractivity contribution in [3.63, 3.8) is 0 Å². The molecule has 0 radical (unpaired) electrons. The van der Waals surface area contributed by atoms with Crippen molar-refractivity contribution in [2.75, 3.05) is 25.7 Å². The molecular weight excluding hydrogens is 476 g/mol. The van der Waals surface area contributed by atoms with Crippen molar-refractivity contribution >= 4 is 39.9 Å². The van der Waals surface area contributed by atoms with Crippen molar-refractivity contribution in [2.45, 2.75) is 22.6 Å². The van der Waals surface area contributed by atoms with Gasteiger partial charge in [0.1, 0.15) is 0 Å². The van der Waals surface area contributed by atoms with Crippen LogP contribution in [0.2, 0.25) is 5.02 Å². The van der Waals surface area contributed by atoms with Crippen molar-refractivity contribution in [2.24, 2.45) is 0 Å². The lowest BCUT2D eigenvalue weighted by Crippen LogP contribution is -2.34. The fourth-order valence-electron chi connectivity index (χ4n) is 3.67. The molecule has 34 heavy (non-hydrogen) atoms. The number of hydrogen-bond donors (Lipinski definition) is 1. The van der Waals surface area contributed by atoms with Crippen LogP contribution >= 0.6 is 11.6 Å². The number of methoxy groups -OCH3 is 2. The van der Waals surface area contributed by atoms with Crippen LogP contribution < -0.4 is 10.2 Å². The van der Waals surface area contributed by atoms with Gasteiger partial charge in [-0.1, -0.05) is 35.9 Å². The van der Waals surface area contributed by atoms with Crippen LogP contribution in [-0.2, 0) is 26.8 Å². The van der Waals surface area contributed by atoms with Crippen molar-refractivity contribution in [3.05, 3.63) is 88.4 Å². The molecule has 3 aromatic rings. The molecule has 1 heterocycles. The lowest BCUT2D eigenvalue weighted by molar-refractivity contribution is -0.0974. The second-order valence-corrected chi connectivity index (χ2v) is 9.43. The Bertz CT molecular complexity index is 1240. The minimum atomic E-state index is -1.60. The van der Waals surface area contributed by atoms with Crippen LogP contribution in [0.3, 0.4) is 0 Å². The molecule has 1 aliphatic heterocycles. The third kappa shape index (κ3) is 4.90. The summed E-state index contributed by atoms with van der Waals surface area (Å²) in [5.41, 5.74) is 1.94. The summed E-state index contributed by atoms with van der Waals surface area (Å²) in [6, 6.07) is 18.8. The van der Waals surface area contributed by atoms with E-state index in [2.05, 4.69) is 5.32 Å². The minimum absolute atomic E-state index is 0.147. The van der Waals surface area contributed by atoms with E-state index >= 15 is 0 Å². The fourth-order valence-corrected chi connectivity index (χ4v) is 5.15. The first-order valence-corrected chi connectivity index (χ1v) is 12.0. The average molecular weight is 499 g/mol. The van der Waals surface area contributed by atoms with E-state index in [1.807, 2.05) is 12.1 Å². The molecule has 176 valence electrons. The van der Waals surface area contributed by atoms with Crippen LogP contribution in [0, 0.1) is 0 Å². The van der Waals surface area contributed by atoms with E-state index in [1.165, 1.54) is 14.2 Å². The van der Waals surface area contributed by atoms with Gasteiger partial charge in [0.25, 0.3) is 11.8 Å². The number of carbonyl (C=O) groups is 2. The van der Waals surface area contributed by atoms with Gasteiger partial charge in [-0.25, -0.2) is 4.21 Å². The molecule has 2 amide bonds. The molecule has 7 nitrogen and oxygen atoms in total. The third-order valence-electron chi connectivity index (χ3n) is 5.48. The molecule has 1 unspecified atom stereocenters. The molecule has 0 aromatic heterocycles. The van der Waals surface area contributed by atoms with Gasteiger partial charge in [-0.3, -0.25) is 9.59 Å². The molecular formula is C25H23ClN2O5S. The molecule has 4 rings (SSSR count). The average Bonchev–Trinajstić information content (AvgIpc) is 2.95. The Morgan fingerprint density at radius 1 is 1.03 bits per heavy atom. The topological polar surface area (TPSA) is 84.9 Å². The Kier molecular flexibility index (Phi) is 7.43. The Hall–Kier alpha value is -3.04. The van der Waals surface area contributed by atoms with Gasteiger partial charge < -0.3 is 19.7 Å². The second-order valence-electron chi connectivity index (χ2n) is 7.58. The Morgan fingerprint density at radius 3 is 2.44 bits per heavy atom. The normalized spacial score (nSPS) is 15.0. The predicted octanol–water partition coefficient (Wildman–Crippen LogP) is 4.02. The number of ether oxygens (including phenoxy) is 2. The molecule has 0 aliphatic carbocycles. The molecule has 1 N–H and O–H groups in total. The highest BCUT2D eigenvalue weighted by Gasteiger charge is 2.31. The summed E-state index contributed by atoms with van der Waals surface area (Å²) in [6.07, 6.45) is -0.588. The van der Waals surface area contributed by atoms with E-state index in [0.29, 0.717) is 31.6 Å². The molecule has 0 spiro atoms. The number of rotatable bonds is 7. The quantitative estimate of drug-likeness (QED) is 0.497. The number of benzene rings is 3. The maximum absolute atomic E-state index is 13.6.